The quantitative estimate of drug-likeness (QED) is 0.374. The van der Waals surface area contributed by atoms with Crippen molar-refractivity contribution < 1.29 is 4.74 Å². The summed E-state index contributed by atoms with van der Waals surface area (Å²) in [6, 6.07) is 14.4. The summed E-state index contributed by atoms with van der Waals surface area (Å²) in [6.45, 7) is 11.2. The summed E-state index contributed by atoms with van der Waals surface area (Å²) in [4.78, 5) is 27.3. The number of piperazine rings is 1. The maximum absolute atomic E-state index is 13.3. The zero-order valence-corrected chi connectivity index (χ0v) is 21.9. The van der Waals surface area contributed by atoms with E-state index in [0.717, 1.165) is 55.3 Å². The molecule has 1 saturated heterocycles. The molecule has 4 heterocycles. The molecule has 6 rings (SSSR count). The van der Waals surface area contributed by atoms with Crippen LogP contribution in [-0.4, -0.2) is 64.1 Å². The summed E-state index contributed by atoms with van der Waals surface area (Å²) in [7, 11) is 2.16. The van der Waals surface area contributed by atoms with Gasteiger partial charge in [-0.2, -0.15) is 4.98 Å². The molecule has 1 unspecified atom stereocenters. The first-order chi connectivity index (χ1) is 18.6. The lowest BCUT2D eigenvalue weighted by molar-refractivity contribution is 0.313. The van der Waals surface area contributed by atoms with Crippen molar-refractivity contribution in [1.29, 1.82) is 0 Å². The lowest BCUT2D eigenvalue weighted by Crippen LogP contribution is -2.44. The number of hydrogen-bond acceptors (Lipinski definition) is 7. The summed E-state index contributed by atoms with van der Waals surface area (Å²) in [5.41, 5.74) is 4.53. The van der Waals surface area contributed by atoms with Gasteiger partial charge in [-0.3, -0.25) is 4.79 Å². The largest absolute Gasteiger partial charge is 0.493 e. The Kier molecular flexibility index (Phi) is 6.37. The Labute approximate surface area is 222 Å². The summed E-state index contributed by atoms with van der Waals surface area (Å²) in [6.07, 6.45) is 4.32. The van der Waals surface area contributed by atoms with Gasteiger partial charge in [-0.25, -0.2) is 14.3 Å². The van der Waals surface area contributed by atoms with Gasteiger partial charge in [-0.1, -0.05) is 13.0 Å². The Bertz CT molecular complexity index is 1530. The normalized spacial score (nSPS) is 17.4. The fourth-order valence-electron chi connectivity index (χ4n) is 5.32. The van der Waals surface area contributed by atoms with Crippen LogP contribution in [0.25, 0.3) is 16.7 Å². The lowest BCUT2D eigenvalue weighted by Gasteiger charge is -2.34. The van der Waals surface area contributed by atoms with Crippen molar-refractivity contribution >= 4 is 28.4 Å². The zero-order chi connectivity index (χ0) is 26.2. The molecule has 9 heteroatoms. The molecule has 0 aliphatic carbocycles. The monoisotopic (exact) mass is 511 g/mol. The molecule has 1 atom stereocenters. The standard InChI is InChI=1S/C29H33N7O2/c1-4-12-35-28(37)25-18-30-29(31-21-6-8-22(9-7-21)34-15-13-33(3)14-16-34)32-27(25)36(35)23-10-11-26-24(17-23)20(5-2)19-38-26/h4,6-11,17-18,20H,1,5,12-16,19H2,2-3H3,(H,30,31,32). The Hall–Kier alpha value is -4.11. The van der Waals surface area contributed by atoms with Crippen molar-refractivity contribution in [3.63, 3.8) is 0 Å². The first-order valence-corrected chi connectivity index (χ1v) is 13.2. The highest BCUT2D eigenvalue weighted by atomic mass is 16.5. The average molecular weight is 512 g/mol. The molecule has 4 aromatic rings. The summed E-state index contributed by atoms with van der Waals surface area (Å²) < 4.78 is 9.39. The van der Waals surface area contributed by atoms with Gasteiger partial charge in [0.1, 0.15) is 11.1 Å². The molecule has 2 aromatic carbocycles. The number of allylic oxidation sites excluding steroid dienone is 1. The molecule has 0 spiro atoms. The van der Waals surface area contributed by atoms with Crippen LogP contribution in [0.4, 0.5) is 17.3 Å². The number of ether oxygens (including phenoxy) is 1. The molecule has 0 amide bonds. The number of nitrogens with zero attached hydrogens (tertiary/aromatic N) is 6. The van der Waals surface area contributed by atoms with Gasteiger partial charge in [0.2, 0.25) is 5.95 Å². The third-order valence-corrected chi connectivity index (χ3v) is 7.58. The number of likely N-dealkylation sites (N-methyl/N-ethyl adjacent to an activating group) is 1. The Morgan fingerprint density at radius 2 is 1.87 bits per heavy atom. The molecule has 0 radical (unpaired) electrons. The molecule has 2 aliphatic heterocycles. The zero-order valence-electron chi connectivity index (χ0n) is 21.9. The van der Waals surface area contributed by atoms with Crippen molar-refractivity contribution in [1.82, 2.24) is 24.2 Å². The number of aromatic nitrogens is 4. The second kappa shape index (κ2) is 9.98. The van der Waals surface area contributed by atoms with Crippen LogP contribution < -0.4 is 20.5 Å². The van der Waals surface area contributed by atoms with Gasteiger partial charge in [0.15, 0.2) is 5.65 Å². The van der Waals surface area contributed by atoms with Gasteiger partial charge in [0.25, 0.3) is 5.56 Å². The SMILES string of the molecule is C=CCn1c(=O)c2cnc(Nc3ccc(N4CCN(C)CC4)cc3)nc2n1-c1ccc2c(c1)C(CC)CO2. The van der Waals surface area contributed by atoms with Crippen LogP contribution in [-0.2, 0) is 6.54 Å². The number of rotatable bonds is 7. The number of anilines is 3. The minimum absolute atomic E-state index is 0.147. The maximum Gasteiger partial charge on any atom is 0.278 e. The van der Waals surface area contributed by atoms with Crippen molar-refractivity contribution in [3.05, 3.63) is 77.2 Å². The molecule has 196 valence electrons. The van der Waals surface area contributed by atoms with E-state index in [9.17, 15) is 4.79 Å². The minimum atomic E-state index is -0.147. The number of benzene rings is 2. The second-order valence-corrected chi connectivity index (χ2v) is 10.0. The molecule has 38 heavy (non-hydrogen) atoms. The van der Waals surface area contributed by atoms with Crippen LogP contribution in [0, 0.1) is 0 Å². The van der Waals surface area contributed by atoms with Crippen LogP contribution in [0.5, 0.6) is 5.75 Å². The van der Waals surface area contributed by atoms with Crippen LogP contribution in [0.1, 0.15) is 24.8 Å². The van der Waals surface area contributed by atoms with Crippen LogP contribution in [0.3, 0.4) is 0 Å². The predicted octanol–water partition coefficient (Wildman–Crippen LogP) is 4.15. The number of hydrogen-bond donors (Lipinski definition) is 1. The Morgan fingerprint density at radius 3 is 2.61 bits per heavy atom. The molecule has 2 aromatic heterocycles. The molecule has 2 aliphatic rings. The van der Waals surface area contributed by atoms with E-state index in [-0.39, 0.29) is 5.56 Å². The molecular formula is C29H33N7O2. The van der Waals surface area contributed by atoms with Crippen molar-refractivity contribution in [2.45, 2.75) is 25.8 Å². The Balaban J connectivity index is 1.34. The topological polar surface area (TPSA) is 80.5 Å². The van der Waals surface area contributed by atoms with Crippen LogP contribution >= 0.6 is 0 Å². The van der Waals surface area contributed by atoms with Crippen molar-refractivity contribution in [3.8, 4) is 11.4 Å². The van der Waals surface area contributed by atoms with Crippen LogP contribution in [0.15, 0.2) is 66.1 Å². The van der Waals surface area contributed by atoms with Gasteiger partial charge in [-0.15, -0.1) is 6.58 Å². The average Bonchev–Trinajstić information content (AvgIpc) is 3.47. The molecule has 9 nitrogen and oxygen atoms in total. The number of fused-ring (bicyclic) bond motifs is 2. The van der Waals surface area contributed by atoms with Crippen molar-refractivity contribution in [2.24, 2.45) is 0 Å². The van der Waals surface area contributed by atoms with E-state index in [0.29, 0.717) is 36.1 Å². The van der Waals surface area contributed by atoms with E-state index in [1.54, 1.807) is 17.0 Å². The second-order valence-electron chi connectivity index (χ2n) is 10.0. The summed E-state index contributed by atoms with van der Waals surface area (Å²) >= 11 is 0. The first kappa shape index (κ1) is 24.2. The smallest absolute Gasteiger partial charge is 0.278 e. The highest BCUT2D eigenvalue weighted by molar-refractivity contribution is 5.77. The third kappa shape index (κ3) is 4.32. The van der Waals surface area contributed by atoms with Gasteiger partial charge in [-0.05, 0) is 55.9 Å². The third-order valence-electron chi connectivity index (χ3n) is 7.58. The van der Waals surface area contributed by atoms with Crippen LogP contribution in [0.2, 0.25) is 0 Å². The van der Waals surface area contributed by atoms with E-state index >= 15 is 0 Å². The van der Waals surface area contributed by atoms with E-state index in [1.165, 1.54) is 5.69 Å². The van der Waals surface area contributed by atoms with E-state index in [1.807, 2.05) is 28.9 Å². The van der Waals surface area contributed by atoms with E-state index in [4.69, 9.17) is 9.72 Å². The summed E-state index contributed by atoms with van der Waals surface area (Å²) in [5, 5.41) is 3.78. The highest BCUT2D eigenvalue weighted by Crippen LogP contribution is 2.37. The van der Waals surface area contributed by atoms with Gasteiger partial charge in [0.05, 0.1) is 18.8 Å². The Morgan fingerprint density at radius 1 is 1.11 bits per heavy atom. The fourth-order valence-corrected chi connectivity index (χ4v) is 5.32. The molecule has 1 fully saturated rings. The molecule has 0 bridgehead atoms. The number of nitrogens with one attached hydrogen (secondary N) is 1. The van der Waals surface area contributed by atoms with E-state index in [2.05, 4.69) is 58.9 Å². The van der Waals surface area contributed by atoms with Crippen molar-refractivity contribution in [2.75, 3.05) is 50.1 Å². The van der Waals surface area contributed by atoms with Gasteiger partial charge in [0, 0.05) is 55.2 Å². The summed E-state index contributed by atoms with van der Waals surface area (Å²) in [5.74, 6) is 1.68. The van der Waals surface area contributed by atoms with Gasteiger partial charge >= 0.3 is 0 Å². The molecule has 0 saturated carbocycles. The van der Waals surface area contributed by atoms with Gasteiger partial charge < -0.3 is 19.9 Å². The minimum Gasteiger partial charge on any atom is -0.493 e. The highest BCUT2D eigenvalue weighted by Gasteiger charge is 2.25. The first-order valence-electron chi connectivity index (χ1n) is 13.2. The van der Waals surface area contributed by atoms with E-state index < -0.39 is 0 Å². The maximum atomic E-state index is 13.3. The fraction of sp³-hybridized carbons (Fsp3) is 0.345. The molecular weight excluding hydrogens is 478 g/mol. The lowest BCUT2D eigenvalue weighted by atomic mass is 9.98. The predicted molar refractivity (Wildman–Crippen MR) is 151 cm³/mol. The molecule has 1 N–H and O–H groups in total.